The molecule has 13 N–H and O–H groups in total. The number of primary amides is 1. The molecular formula is C39H54N10O13S. The van der Waals surface area contributed by atoms with E-state index in [1.165, 1.54) is 25.1 Å². The Morgan fingerprint density at radius 2 is 1.52 bits per heavy atom. The van der Waals surface area contributed by atoms with Crippen LogP contribution < -0.4 is 43.0 Å². The fraction of sp³-hybridized carbons (Fsp3) is 0.564. The lowest BCUT2D eigenvalue weighted by Crippen LogP contribution is -2.61. The molecule has 1 saturated heterocycles. The number of nitrogens with zero attached hydrogens (tertiary/aromatic N) is 1. The standard InChI is InChI=1S/C39H54N10O13S/c1-4-17(2)31-36(59)42-13-29(54)43-26-16-63(62)38-22(21-6-5-19(51)9-23(21)46-38)11-24(33(56)41-14-30(55)47-31)44-37(60)32(18(3)7-8-50)48-35(58)27-10-20(52)15-49(27)39(61)25(12-28(40)53)45-34(26)57/h5-6,9,17-18,20,24-27,31-32,46,50-52H,4,7-8,10-16H2,1-3H3,(H2,40,53)(H,41,56)(H,42,59)(H,43,54)(H,44,60)(H,45,57)(H,47,55)(H,48,58)/t17-,18-,20+,24-,25-,26-,27-,31-,32-,63?/m0/s1. The van der Waals surface area contributed by atoms with E-state index in [0.29, 0.717) is 11.8 Å². The van der Waals surface area contributed by atoms with Gasteiger partial charge in [0.1, 0.15) is 47.0 Å². The molecular weight excluding hydrogens is 849 g/mol. The number of hydrogen-bond donors (Lipinski definition) is 12. The van der Waals surface area contributed by atoms with Gasteiger partial charge in [0.05, 0.1) is 47.7 Å². The van der Waals surface area contributed by atoms with Crippen LogP contribution in [-0.2, 0) is 60.4 Å². The van der Waals surface area contributed by atoms with Gasteiger partial charge in [0.2, 0.25) is 53.2 Å². The predicted molar refractivity (Wildman–Crippen MR) is 221 cm³/mol. The highest BCUT2D eigenvalue weighted by molar-refractivity contribution is 7.85. The number of aromatic hydroxyl groups is 1. The van der Waals surface area contributed by atoms with Crippen molar-refractivity contribution in [3.05, 3.63) is 23.8 Å². The van der Waals surface area contributed by atoms with Gasteiger partial charge >= 0.3 is 0 Å². The summed E-state index contributed by atoms with van der Waals surface area (Å²) in [5.74, 6) is -11.0. The summed E-state index contributed by atoms with van der Waals surface area (Å²) in [6.45, 7) is 2.59. The molecule has 2 aromatic rings. The number of aromatic amines is 1. The summed E-state index contributed by atoms with van der Waals surface area (Å²) >= 11 is 0. The lowest BCUT2D eigenvalue weighted by Gasteiger charge is -2.32. The molecule has 0 aliphatic carbocycles. The SMILES string of the molecule is CC[C@H](C)[C@@H]1NC(=O)CNC(=O)[C@@H]2Cc3c([nH]c4cc(O)ccc34)S(=O)C[C@H](NC(=O)CNC1=O)C(=O)N[C@@H](CC(N)=O)C(=O)N1C[C@H](O)C[C@H]1C(=O)N[C@@H]([C@@H](C)CCO)C(=O)N2. The van der Waals surface area contributed by atoms with Gasteiger partial charge in [-0.3, -0.25) is 47.4 Å². The van der Waals surface area contributed by atoms with E-state index in [1.54, 1.807) is 13.8 Å². The third-order valence-electron chi connectivity index (χ3n) is 11.4. The monoisotopic (exact) mass is 902 g/mol. The highest BCUT2D eigenvalue weighted by atomic mass is 32.2. The number of aliphatic hydroxyl groups is 2. The van der Waals surface area contributed by atoms with Gasteiger partial charge < -0.3 is 68.2 Å². The highest BCUT2D eigenvalue weighted by Crippen LogP contribution is 2.30. The molecule has 1 aromatic carbocycles. The Bertz CT molecular complexity index is 2170. The first-order valence-electron chi connectivity index (χ1n) is 20.5. The van der Waals surface area contributed by atoms with Crippen LogP contribution in [0.3, 0.4) is 0 Å². The number of H-pyrrole nitrogens is 1. The maximum atomic E-state index is 14.6. The van der Waals surface area contributed by atoms with Gasteiger partial charge in [-0.05, 0) is 36.0 Å². The van der Waals surface area contributed by atoms with Crippen LogP contribution >= 0.6 is 0 Å². The molecule has 1 fully saturated rings. The molecule has 2 bridgehead atoms. The molecule has 1 unspecified atom stereocenters. The Balaban J connectivity index is 1.72. The summed E-state index contributed by atoms with van der Waals surface area (Å²) in [5.41, 5.74) is 5.82. The number of nitrogens with two attached hydrogens (primary N) is 1. The molecule has 3 aliphatic heterocycles. The average Bonchev–Trinajstić information content (AvgIpc) is 3.80. The molecule has 0 spiro atoms. The van der Waals surface area contributed by atoms with E-state index in [9.17, 15) is 62.7 Å². The van der Waals surface area contributed by atoms with Gasteiger partial charge in [-0.15, -0.1) is 0 Å². The van der Waals surface area contributed by atoms with Crippen molar-refractivity contribution in [3.8, 4) is 5.75 Å². The van der Waals surface area contributed by atoms with Crippen molar-refractivity contribution >= 4 is 74.9 Å². The lowest BCUT2D eigenvalue weighted by atomic mass is 9.96. The van der Waals surface area contributed by atoms with Crippen molar-refractivity contribution in [2.45, 2.75) is 100 Å². The Kier molecular flexibility index (Phi) is 15.8. The molecule has 0 radical (unpaired) electrons. The number of benzene rings is 1. The van der Waals surface area contributed by atoms with E-state index in [1.807, 2.05) is 0 Å². The van der Waals surface area contributed by atoms with Crippen molar-refractivity contribution in [2.75, 3.05) is 32.0 Å². The number of carbonyl (C=O) groups excluding carboxylic acids is 9. The molecule has 0 saturated carbocycles. The van der Waals surface area contributed by atoms with E-state index in [4.69, 9.17) is 5.73 Å². The number of amides is 9. The van der Waals surface area contributed by atoms with Crippen LogP contribution in [-0.4, -0.2) is 157 Å². The Labute approximate surface area is 363 Å². The largest absolute Gasteiger partial charge is 0.508 e. The second kappa shape index (κ2) is 20.8. The maximum Gasteiger partial charge on any atom is 0.246 e. The van der Waals surface area contributed by atoms with E-state index in [0.717, 1.165) is 4.90 Å². The van der Waals surface area contributed by atoms with E-state index in [-0.39, 0.29) is 34.7 Å². The van der Waals surface area contributed by atoms with E-state index in [2.05, 4.69) is 42.2 Å². The summed E-state index contributed by atoms with van der Waals surface area (Å²) in [5, 5.41) is 48.4. The average molecular weight is 903 g/mol. The number of phenolic OH excluding ortho intramolecular Hbond substituents is 1. The lowest BCUT2D eigenvalue weighted by molar-refractivity contribution is -0.143. The third kappa shape index (κ3) is 11.7. The molecule has 4 heterocycles. The van der Waals surface area contributed by atoms with Gasteiger partial charge in [-0.25, -0.2) is 0 Å². The summed E-state index contributed by atoms with van der Waals surface area (Å²) in [7, 11) is -2.34. The number of aliphatic hydroxyl groups excluding tert-OH is 2. The smallest absolute Gasteiger partial charge is 0.246 e. The topological polar surface area (TPSA) is 361 Å². The maximum absolute atomic E-state index is 14.6. The number of nitrogens with one attached hydrogen (secondary N) is 8. The fourth-order valence-electron chi connectivity index (χ4n) is 7.71. The molecule has 24 heteroatoms. The molecule has 9 amide bonds. The van der Waals surface area contributed by atoms with Crippen molar-refractivity contribution in [1.29, 1.82) is 0 Å². The minimum atomic E-state index is -2.34. The van der Waals surface area contributed by atoms with Crippen LogP contribution in [0.2, 0.25) is 0 Å². The Morgan fingerprint density at radius 1 is 0.857 bits per heavy atom. The minimum Gasteiger partial charge on any atom is -0.508 e. The zero-order valence-electron chi connectivity index (χ0n) is 34.9. The second-order valence-electron chi connectivity index (χ2n) is 16.0. The van der Waals surface area contributed by atoms with Crippen LogP contribution in [0.4, 0.5) is 0 Å². The molecule has 1 aromatic heterocycles. The number of aromatic nitrogens is 1. The number of hydrogen-bond acceptors (Lipinski definition) is 13. The summed E-state index contributed by atoms with van der Waals surface area (Å²) in [6, 6.07) is -5.36. The zero-order chi connectivity index (χ0) is 46.3. The first-order valence-corrected chi connectivity index (χ1v) is 21.8. The van der Waals surface area contributed by atoms with Crippen LogP contribution in [0.5, 0.6) is 5.75 Å². The Hall–Kier alpha value is -6.14. The third-order valence-corrected chi connectivity index (χ3v) is 12.8. The van der Waals surface area contributed by atoms with Crippen LogP contribution in [0.1, 0.15) is 52.0 Å². The number of fused-ring (bicyclic) bond motifs is 5. The summed E-state index contributed by atoms with van der Waals surface area (Å²) < 4.78 is 14.6. The van der Waals surface area contributed by atoms with E-state index >= 15 is 0 Å². The first kappa shape index (κ1) is 47.9. The quantitative estimate of drug-likeness (QED) is 0.124. The predicted octanol–water partition coefficient (Wildman–Crippen LogP) is -4.89. The van der Waals surface area contributed by atoms with Gasteiger partial charge in [0, 0.05) is 37.4 Å². The normalized spacial score (nSPS) is 28.2. The summed E-state index contributed by atoms with van der Waals surface area (Å²) in [6.07, 6.45) is -2.57. The van der Waals surface area contributed by atoms with Gasteiger partial charge in [-0.2, -0.15) is 0 Å². The molecule has 3 aliphatic rings. The molecule has 10 atom stereocenters. The molecule has 63 heavy (non-hydrogen) atoms. The van der Waals surface area contributed by atoms with Crippen LogP contribution in [0.15, 0.2) is 23.2 Å². The van der Waals surface area contributed by atoms with Crippen molar-refractivity contribution in [2.24, 2.45) is 17.6 Å². The van der Waals surface area contributed by atoms with Crippen molar-refractivity contribution in [3.63, 3.8) is 0 Å². The number of rotatable bonds is 7. The first-order chi connectivity index (χ1) is 29.8. The Morgan fingerprint density at radius 3 is 2.19 bits per heavy atom. The second-order valence-corrected chi connectivity index (χ2v) is 17.5. The van der Waals surface area contributed by atoms with Crippen LogP contribution in [0.25, 0.3) is 10.9 Å². The molecule has 344 valence electrons. The minimum absolute atomic E-state index is 0.0459. The fourth-order valence-corrected chi connectivity index (χ4v) is 9.11. The highest BCUT2D eigenvalue weighted by Gasteiger charge is 2.44. The van der Waals surface area contributed by atoms with Crippen LogP contribution in [0, 0.1) is 11.8 Å². The number of phenols is 1. The van der Waals surface area contributed by atoms with Crippen molar-refractivity contribution < 1.29 is 62.7 Å². The van der Waals surface area contributed by atoms with Gasteiger partial charge in [0.15, 0.2) is 0 Å². The van der Waals surface area contributed by atoms with Crippen molar-refractivity contribution in [1.82, 2.24) is 47.1 Å². The zero-order valence-corrected chi connectivity index (χ0v) is 35.7. The van der Waals surface area contributed by atoms with E-state index < -0.39 is 163 Å². The number of carbonyl (C=O) groups is 9. The summed E-state index contributed by atoms with van der Waals surface area (Å²) in [4.78, 5) is 127. The molecule has 5 rings (SSSR count). The molecule has 23 nitrogen and oxygen atoms in total. The van der Waals surface area contributed by atoms with Gasteiger partial charge in [0.25, 0.3) is 0 Å². The van der Waals surface area contributed by atoms with Gasteiger partial charge in [-0.1, -0.05) is 27.2 Å².